The molecule has 1 aliphatic rings. The molecule has 2 heterocycles. The Kier molecular flexibility index (Phi) is 6.55. The van der Waals surface area contributed by atoms with Crippen molar-refractivity contribution >= 4 is 57.3 Å². The molecule has 5 rings (SSSR count). The van der Waals surface area contributed by atoms with Gasteiger partial charge in [0.1, 0.15) is 11.2 Å². The topological polar surface area (TPSA) is 102 Å². The molecule has 0 unspecified atom stereocenters. The number of rotatable bonds is 5. The minimum absolute atomic E-state index is 0.0767. The average molecular weight is 525 g/mol. The Morgan fingerprint density at radius 2 is 1.89 bits per heavy atom. The van der Waals surface area contributed by atoms with Crippen molar-refractivity contribution in [1.29, 1.82) is 0 Å². The smallest absolute Gasteiger partial charge is 0.293 e. The van der Waals surface area contributed by atoms with Crippen molar-refractivity contribution in [1.82, 2.24) is 4.98 Å². The van der Waals surface area contributed by atoms with E-state index in [0.29, 0.717) is 49.9 Å². The first kappa shape index (κ1) is 24.1. The number of benzene rings is 3. The van der Waals surface area contributed by atoms with E-state index in [1.165, 1.54) is 6.07 Å². The highest BCUT2D eigenvalue weighted by atomic mass is 35.5. The number of hydrogen-bond acceptors (Lipinski definition) is 6. The predicted molar refractivity (Wildman–Crippen MR) is 141 cm³/mol. The zero-order valence-electron chi connectivity index (χ0n) is 19.3. The molecule has 0 bridgehead atoms. The van der Waals surface area contributed by atoms with E-state index in [0.717, 1.165) is 25.9 Å². The first-order valence-corrected chi connectivity index (χ1v) is 12.2. The van der Waals surface area contributed by atoms with E-state index in [2.05, 4.69) is 17.2 Å². The summed E-state index contributed by atoms with van der Waals surface area (Å²) in [6.07, 6.45) is 1.96. The standard InChI is InChI=1S/C26H22Cl2N4O4/c1-15-8-10-31(11-9-15)22-6-2-16(12-23(22)32(34)35)25(33)29-18-4-7-24-21(14-18)30-26(36-24)19-13-17(27)3-5-20(19)28/h2-7,12-15H,8-11H2,1H3,(H,29,33). The fourth-order valence-corrected chi connectivity index (χ4v) is 4.68. The monoisotopic (exact) mass is 524 g/mol. The predicted octanol–water partition coefficient (Wildman–Crippen LogP) is 7.20. The number of nitro groups is 1. The number of piperidine rings is 1. The van der Waals surface area contributed by atoms with Gasteiger partial charge in [0.25, 0.3) is 11.6 Å². The van der Waals surface area contributed by atoms with Crippen molar-refractivity contribution in [2.24, 2.45) is 5.92 Å². The van der Waals surface area contributed by atoms with Crippen LogP contribution >= 0.6 is 23.2 Å². The van der Waals surface area contributed by atoms with E-state index in [1.54, 1.807) is 48.5 Å². The first-order chi connectivity index (χ1) is 17.3. The maximum Gasteiger partial charge on any atom is 0.293 e. The molecule has 1 aromatic heterocycles. The maximum atomic E-state index is 12.9. The number of hydrogen-bond donors (Lipinski definition) is 1. The number of amides is 1. The number of aromatic nitrogens is 1. The number of anilines is 2. The summed E-state index contributed by atoms with van der Waals surface area (Å²) < 4.78 is 5.81. The minimum atomic E-state index is -0.460. The van der Waals surface area contributed by atoms with Crippen molar-refractivity contribution in [2.75, 3.05) is 23.3 Å². The molecule has 1 fully saturated rings. The second kappa shape index (κ2) is 9.79. The van der Waals surface area contributed by atoms with Crippen LogP contribution in [0.5, 0.6) is 0 Å². The molecule has 1 saturated heterocycles. The molecule has 1 amide bonds. The fraction of sp³-hybridized carbons (Fsp3) is 0.231. The Bertz CT molecular complexity index is 1480. The van der Waals surface area contributed by atoms with Crippen LogP contribution in [-0.4, -0.2) is 28.9 Å². The largest absolute Gasteiger partial charge is 0.436 e. The number of fused-ring (bicyclic) bond motifs is 1. The molecule has 0 saturated carbocycles. The lowest BCUT2D eigenvalue weighted by Crippen LogP contribution is -2.33. The molecule has 0 radical (unpaired) electrons. The van der Waals surface area contributed by atoms with Crippen LogP contribution in [0.4, 0.5) is 17.1 Å². The van der Waals surface area contributed by atoms with Crippen molar-refractivity contribution < 1.29 is 14.1 Å². The average Bonchev–Trinajstić information content (AvgIpc) is 3.29. The number of nitrogens with one attached hydrogen (secondary N) is 1. The summed E-state index contributed by atoms with van der Waals surface area (Å²) in [7, 11) is 0. The summed E-state index contributed by atoms with van der Waals surface area (Å²) in [5.74, 6) is 0.447. The van der Waals surface area contributed by atoms with Crippen molar-refractivity contribution in [3.63, 3.8) is 0 Å². The van der Waals surface area contributed by atoms with Crippen LogP contribution < -0.4 is 10.2 Å². The van der Waals surface area contributed by atoms with Gasteiger partial charge in [0.05, 0.1) is 15.5 Å². The Balaban J connectivity index is 1.38. The summed E-state index contributed by atoms with van der Waals surface area (Å²) in [6.45, 7) is 3.70. The van der Waals surface area contributed by atoms with Crippen LogP contribution in [0.25, 0.3) is 22.6 Å². The zero-order valence-corrected chi connectivity index (χ0v) is 20.8. The number of halogens is 2. The molecule has 36 heavy (non-hydrogen) atoms. The molecular weight excluding hydrogens is 503 g/mol. The number of nitro benzene ring substituents is 1. The number of carbonyl (C=O) groups excluding carboxylic acids is 1. The van der Waals surface area contributed by atoms with Crippen LogP contribution in [0.3, 0.4) is 0 Å². The zero-order chi connectivity index (χ0) is 25.4. The summed E-state index contributed by atoms with van der Waals surface area (Å²) in [5, 5.41) is 15.5. The molecule has 0 aliphatic carbocycles. The highest BCUT2D eigenvalue weighted by Gasteiger charge is 2.25. The molecule has 184 valence electrons. The Labute approximate surface area is 217 Å². The van der Waals surface area contributed by atoms with Crippen molar-refractivity contribution in [3.05, 3.63) is 80.3 Å². The lowest BCUT2D eigenvalue weighted by molar-refractivity contribution is -0.384. The van der Waals surface area contributed by atoms with Crippen molar-refractivity contribution in [3.8, 4) is 11.5 Å². The third kappa shape index (κ3) is 4.87. The number of nitrogens with zero attached hydrogens (tertiary/aromatic N) is 3. The van der Waals surface area contributed by atoms with E-state index in [9.17, 15) is 14.9 Å². The molecule has 1 N–H and O–H groups in total. The Hall–Kier alpha value is -3.62. The van der Waals surface area contributed by atoms with E-state index in [1.807, 2.05) is 4.90 Å². The van der Waals surface area contributed by atoms with Gasteiger partial charge < -0.3 is 14.6 Å². The van der Waals surface area contributed by atoms with Gasteiger partial charge in [0, 0.05) is 35.4 Å². The number of oxazole rings is 1. The van der Waals surface area contributed by atoms with E-state index >= 15 is 0 Å². The van der Waals surface area contributed by atoms with Crippen LogP contribution in [0.2, 0.25) is 10.0 Å². The lowest BCUT2D eigenvalue weighted by atomic mass is 9.98. The van der Waals surface area contributed by atoms with Gasteiger partial charge in [-0.15, -0.1) is 0 Å². The number of carbonyl (C=O) groups is 1. The Morgan fingerprint density at radius 3 is 2.64 bits per heavy atom. The highest BCUT2D eigenvalue weighted by molar-refractivity contribution is 6.35. The highest BCUT2D eigenvalue weighted by Crippen LogP contribution is 2.34. The van der Waals surface area contributed by atoms with Gasteiger partial charge in [-0.05, 0) is 67.3 Å². The third-order valence-electron chi connectivity index (χ3n) is 6.36. The van der Waals surface area contributed by atoms with Crippen molar-refractivity contribution in [2.45, 2.75) is 19.8 Å². The first-order valence-electron chi connectivity index (χ1n) is 11.5. The van der Waals surface area contributed by atoms with Gasteiger partial charge in [0.2, 0.25) is 5.89 Å². The molecule has 1 aliphatic heterocycles. The molecule has 0 spiro atoms. The van der Waals surface area contributed by atoms with E-state index < -0.39 is 10.8 Å². The van der Waals surface area contributed by atoms with Gasteiger partial charge in [0.15, 0.2) is 5.58 Å². The second-order valence-corrected chi connectivity index (χ2v) is 9.75. The summed E-state index contributed by atoms with van der Waals surface area (Å²) in [6, 6.07) is 14.6. The molecule has 3 aromatic carbocycles. The third-order valence-corrected chi connectivity index (χ3v) is 6.93. The Morgan fingerprint density at radius 1 is 1.11 bits per heavy atom. The lowest BCUT2D eigenvalue weighted by Gasteiger charge is -2.31. The van der Waals surface area contributed by atoms with Gasteiger partial charge >= 0.3 is 0 Å². The molecular formula is C26H22Cl2N4O4. The minimum Gasteiger partial charge on any atom is -0.436 e. The van der Waals surface area contributed by atoms with E-state index in [-0.39, 0.29) is 11.3 Å². The van der Waals surface area contributed by atoms with Crippen LogP contribution in [-0.2, 0) is 0 Å². The van der Waals surface area contributed by atoms with Gasteiger partial charge in [-0.1, -0.05) is 30.1 Å². The maximum absolute atomic E-state index is 12.9. The summed E-state index contributed by atoms with van der Waals surface area (Å²) >= 11 is 12.3. The quantitative estimate of drug-likeness (QED) is 0.218. The SMILES string of the molecule is CC1CCN(c2ccc(C(=O)Nc3ccc4oc(-c5cc(Cl)ccc5Cl)nc4c3)cc2[N+](=O)[O-])CC1. The normalized spacial score (nSPS) is 14.2. The summed E-state index contributed by atoms with van der Waals surface area (Å²) in [4.78, 5) is 30.8. The van der Waals surface area contributed by atoms with Gasteiger partial charge in [-0.25, -0.2) is 4.98 Å². The van der Waals surface area contributed by atoms with E-state index in [4.69, 9.17) is 27.6 Å². The van der Waals surface area contributed by atoms with Crippen LogP contribution in [0, 0.1) is 16.0 Å². The molecule has 4 aromatic rings. The molecule has 10 heteroatoms. The van der Waals surface area contributed by atoms with Gasteiger partial charge in [-0.2, -0.15) is 0 Å². The molecule has 8 nitrogen and oxygen atoms in total. The van der Waals surface area contributed by atoms with Crippen LogP contribution in [0.15, 0.2) is 59.0 Å². The summed E-state index contributed by atoms with van der Waals surface area (Å²) in [5.41, 5.74) is 2.71. The molecule has 0 atom stereocenters. The van der Waals surface area contributed by atoms with Gasteiger partial charge in [-0.3, -0.25) is 14.9 Å². The second-order valence-electron chi connectivity index (χ2n) is 8.91. The van der Waals surface area contributed by atoms with Crippen LogP contribution in [0.1, 0.15) is 30.1 Å². The fourth-order valence-electron chi connectivity index (χ4n) is 4.31.